The second kappa shape index (κ2) is 2.02. The number of halogens is 3. The number of carboxylic acid groups (broad SMARTS) is 1. The van der Waals surface area contributed by atoms with Crippen LogP contribution in [-0.4, -0.2) is 18.6 Å². The topological polar surface area (TPSA) is 40.1 Å². The van der Waals surface area contributed by atoms with Crippen molar-refractivity contribution in [3.63, 3.8) is 0 Å². The molecule has 0 fully saturated rings. The van der Waals surface area contributed by atoms with Gasteiger partial charge < -0.3 is 9.90 Å². The second-order valence-electron chi connectivity index (χ2n) is 1.13. The summed E-state index contributed by atoms with van der Waals surface area (Å²) in [6, 6.07) is 0. The Morgan fingerprint density at radius 2 is 2.00 bits per heavy atom. The Morgan fingerprint density at radius 3 is 2.00 bits per heavy atom. The van der Waals surface area contributed by atoms with Crippen LogP contribution in [0.15, 0.2) is 0 Å². The number of carbonyl (C=O) groups is 1. The van der Waals surface area contributed by atoms with Gasteiger partial charge in [0, 0.05) is 0 Å². The Labute approximate surface area is 42.9 Å². The molecule has 0 N–H and O–H groups in total. The Morgan fingerprint density at radius 1 is 1.62 bits per heavy atom. The largest absolute Gasteiger partial charge is 0.544 e. The zero-order valence-electron chi connectivity index (χ0n) is 3.66. The van der Waals surface area contributed by atoms with Gasteiger partial charge in [-0.1, -0.05) is 0 Å². The van der Waals surface area contributed by atoms with E-state index in [4.69, 9.17) is 9.90 Å². The number of rotatable bonds is 2. The SMILES string of the molecule is O=C([O-])C(F)(F)CF. The fourth-order valence-electron chi connectivity index (χ4n) is 0.0546. The highest BCUT2D eigenvalue weighted by atomic mass is 19.3. The van der Waals surface area contributed by atoms with E-state index in [2.05, 4.69) is 0 Å². The van der Waals surface area contributed by atoms with Crippen LogP contribution in [0.2, 0.25) is 0 Å². The molecule has 0 heterocycles. The number of aliphatic carboxylic acids is 1. The molecule has 2 nitrogen and oxygen atoms in total. The summed E-state index contributed by atoms with van der Waals surface area (Å²) in [7, 11) is 0. The van der Waals surface area contributed by atoms with E-state index in [1.54, 1.807) is 0 Å². The van der Waals surface area contributed by atoms with Gasteiger partial charge in [0.15, 0.2) is 6.67 Å². The van der Waals surface area contributed by atoms with Crippen LogP contribution in [0.4, 0.5) is 13.2 Å². The molecular weight excluding hydrogens is 125 g/mol. The van der Waals surface area contributed by atoms with Crippen LogP contribution >= 0.6 is 0 Å². The summed E-state index contributed by atoms with van der Waals surface area (Å²) in [5.41, 5.74) is 0. The van der Waals surface area contributed by atoms with Crippen LogP contribution in [0.25, 0.3) is 0 Å². The molecule has 0 aromatic rings. The lowest BCUT2D eigenvalue weighted by molar-refractivity contribution is -0.330. The predicted octanol–water partition coefficient (Wildman–Crippen LogP) is -0.659. The highest BCUT2D eigenvalue weighted by Crippen LogP contribution is 2.11. The molecule has 0 aliphatic carbocycles. The van der Waals surface area contributed by atoms with Gasteiger partial charge in [-0.05, 0) is 0 Å². The number of alkyl halides is 3. The first-order chi connectivity index (χ1) is 3.50. The molecule has 0 aliphatic rings. The molecule has 0 unspecified atom stereocenters. The van der Waals surface area contributed by atoms with E-state index < -0.39 is 18.6 Å². The van der Waals surface area contributed by atoms with E-state index in [9.17, 15) is 13.2 Å². The number of carboxylic acids is 1. The second-order valence-corrected chi connectivity index (χ2v) is 1.13. The molecule has 0 saturated heterocycles. The van der Waals surface area contributed by atoms with E-state index in [-0.39, 0.29) is 0 Å². The van der Waals surface area contributed by atoms with Gasteiger partial charge in [0.05, 0.1) is 0 Å². The third kappa shape index (κ3) is 1.40. The first-order valence-corrected chi connectivity index (χ1v) is 1.66. The van der Waals surface area contributed by atoms with E-state index in [1.165, 1.54) is 0 Å². The fourth-order valence-corrected chi connectivity index (χ4v) is 0.0546. The Balaban J connectivity index is 3.91. The first-order valence-electron chi connectivity index (χ1n) is 1.66. The summed E-state index contributed by atoms with van der Waals surface area (Å²) in [5, 5.41) is 9.15. The monoisotopic (exact) mass is 127 g/mol. The van der Waals surface area contributed by atoms with Crippen LogP contribution in [0, 0.1) is 0 Å². The normalized spacial score (nSPS) is 11.4. The third-order valence-corrected chi connectivity index (χ3v) is 0.466. The molecule has 0 aliphatic heterocycles. The van der Waals surface area contributed by atoms with Crippen molar-refractivity contribution in [1.29, 1.82) is 0 Å². The van der Waals surface area contributed by atoms with Crippen molar-refractivity contribution >= 4 is 5.97 Å². The lowest BCUT2D eigenvalue weighted by Gasteiger charge is -2.10. The zero-order chi connectivity index (χ0) is 6.78. The predicted molar refractivity (Wildman–Crippen MR) is 15.9 cm³/mol. The minimum absolute atomic E-state index is 2.21. The van der Waals surface area contributed by atoms with Crippen LogP contribution in [-0.2, 0) is 4.79 Å². The molecule has 0 bridgehead atoms. The van der Waals surface area contributed by atoms with Gasteiger partial charge in [0.1, 0.15) is 5.97 Å². The Bertz CT molecular complexity index is 101. The van der Waals surface area contributed by atoms with Gasteiger partial charge in [0.2, 0.25) is 0 Å². The van der Waals surface area contributed by atoms with Gasteiger partial charge in [-0.25, -0.2) is 4.39 Å². The van der Waals surface area contributed by atoms with Gasteiger partial charge in [-0.3, -0.25) is 0 Å². The molecule has 0 radical (unpaired) electrons. The molecule has 0 atom stereocenters. The lowest BCUT2D eigenvalue weighted by atomic mass is 10.4. The molecule has 0 spiro atoms. The first kappa shape index (κ1) is 7.26. The summed E-state index contributed by atoms with van der Waals surface area (Å²) in [4.78, 5) is 9.15. The number of hydrogen-bond donors (Lipinski definition) is 0. The van der Waals surface area contributed by atoms with Crippen molar-refractivity contribution in [3.8, 4) is 0 Å². The van der Waals surface area contributed by atoms with Crippen LogP contribution in [0.1, 0.15) is 0 Å². The molecule has 0 saturated carbocycles. The maximum Gasteiger partial charge on any atom is 0.314 e. The van der Waals surface area contributed by atoms with Crippen molar-refractivity contribution in [2.24, 2.45) is 0 Å². The smallest absolute Gasteiger partial charge is 0.314 e. The van der Waals surface area contributed by atoms with Crippen molar-refractivity contribution < 1.29 is 23.1 Å². The third-order valence-electron chi connectivity index (χ3n) is 0.466. The van der Waals surface area contributed by atoms with E-state index >= 15 is 0 Å². The van der Waals surface area contributed by atoms with Crippen LogP contribution in [0.3, 0.4) is 0 Å². The molecule has 0 amide bonds. The van der Waals surface area contributed by atoms with Crippen molar-refractivity contribution in [3.05, 3.63) is 0 Å². The summed E-state index contributed by atoms with van der Waals surface area (Å²) < 4.78 is 33.3. The van der Waals surface area contributed by atoms with E-state index in [1.807, 2.05) is 0 Å². The van der Waals surface area contributed by atoms with Crippen molar-refractivity contribution in [2.75, 3.05) is 6.67 Å². The standard InChI is InChI=1S/C3H3F3O2/c4-1-3(5,6)2(7)8/h1H2,(H,7,8)/p-1. The van der Waals surface area contributed by atoms with Crippen LogP contribution in [0.5, 0.6) is 0 Å². The minimum Gasteiger partial charge on any atom is -0.544 e. The van der Waals surface area contributed by atoms with E-state index in [0.717, 1.165) is 0 Å². The highest BCUT2D eigenvalue weighted by Gasteiger charge is 2.30. The molecule has 0 aromatic carbocycles. The average molecular weight is 127 g/mol. The van der Waals surface area contributed by atoms with Crippen molar-refractivity contribution in [1.82, 2.24) is 0 Å². The summed E-state index contributed by atoms with van der Waals surface area (Å²) >= 11 is 0. The minimum atomic E-state index is -4.32. The summed E-state index contributed by atoms with van der Waals surface area (Å²) in [6.45, 7) is -2.21. The summed E-state index contributed by atoms with van der Waals surface area (Å²) in [5.74, 6) is -7.00. The number of carbonyl (C=O) groups excluding carboxylic acids is 1. The van der Waals surface area contributed by atoms with Crippen LogP contribution < -0.4 is 5.11 Å². The van der Waals surface area contributed by atoms with Gasteiger partial charge in [0.25, 0.3) is 0 Å². The van der Waals surface area contributed by atoms with Gasteiger partial charge in [-0.2, -0.15) is 8.78 Å². The molecule has 0 rings (SSSR count). The maximum atomic E-state index is 11.2. The summed E-state index contributed by atoms with van der Waals surface area (Å²) in [6.07, 6.45) is 0. The lowest BCUT2D eigenvalue weighted by Crippen LogP contribution is -2.42. The molecule has 5 heteroatoms. The zero-order valence-corrected chi connectivity index (χ0v) is 3.66. The fraction of sp³-hybridized carbons (Fsp3) is 0.667. The molecule has 48 valence electrons. The Kier molecular flexibility index (Phi) is 1.83. The average Bonchev–Trinajstić information content (AvgIpc) is 1.67. The molecule has 8 heavy (non-hydrogen) atoms. The number of hydrogen-bond acceptors (Lipinski definition) is 2. The molecular formula is C3H2F3O2-. The molecule has 0 aromatic heterocycles. The quantitative estimate of drug-likeness (QED) is 0.494. The van der Waals surface area contributed by atoms with Gasteiger partial charge in [-0.15, -0.1) is 0 Å². The van der Waals surface area contributed by atoms with Gasteiger partial charge >= 0.3 is 5.92 Å². The highest BCUT2D eigenvalue weighted by molar-refractivity contribution is 5.73. The van der Waals surface area contributed by atoms with E-state index in [0.29, 0.717) is 0 Å². The van der Waals surface area contributed by atoms with Crippen molar-refractivity contribution in [2.45, 2.75) is 5.92 Å². The maximum absolute atomic E-state index is 11.2. The Hall–Kier alpha value is -0.740.